The molecule has 0 atom stereocenters. The van der Waals surface area contributed by atoms with Crippen molar-refractivity contribution in [3.63, 3.8) is 0 Å². The first-order chi connectivity index (χ1) is 9.56. The summed E-state index contributed by atoms with van der Waals surface area (Å²) in [4.78, 5) is 16.1. The first-order valence-electron chi connectivity index (χ1n) is 6.85. The van der Waals surface area contributed by atoms with Crippen LogP contribution >= 0.6 is 11.6 Å². The molecule has 0 N–H and O–H groups in total. The summed E-state index contributed by atoms with van der Waals surface area (Å²) in [7, 11) is 1.96. The lowest BCUT2D eigenvalue weighted by molar-refractivity contribution is -0.136. The largest absolute Gasteiger partial charge is 0.378 e. The summed E-state index contributed by atoms with van der Waals surface area (Å²) in [6.45, 7) is 5.91. The van der Waals surface area contributed by atoms with E-state index in [2.05, 4.69) is 0 Å². The summed E-state index contributed by atoms with van der Waals surface area (Å²) in [6.07, 6.45) is 0. The number of nitrogens with zero attached hydrogens (tertiary/aromatic N) is 2. The number of carbonyl (C=O) groups excluding carboxylic acids is 1. The van der Waals surface area contributed by atoms with Crippen LogP contribution in [0.25, 0.3) is 0 Å². The molecule has 0 aliphatic carbocycles. The van der Waals surface area contributed by atoms with Crippen molar-refractivity contribution in [3.05, 3.63) is 34.3 Å². The minimum absolute atomic E-state index is 0.169. The molecule has 1 aromatic carbocycles. The molecule has 0 bridgehead atoms. The normalized spacial score (nSPS) is 15.7. The van der Waals surface area contributed by atoms with Crippen molar-refractivity contribution in [2.75, 3.05) is 39.9 Å². The van der Waals surface area contributed by atoms with E-state index in [0.717, 1.165) is 17.1 Å². The molecule has 0 radical (unpaired) electrons. The van der Waals surface area contributed by atoms with Crippen LogP contribution in [0.4, 0.5) is 0 Å². The van der Waals surface area contributed by atoms with Gasteiger partial charge in [-0.15, -0.1) is 0 Å². The lowest BCUT2D eigenvalue weighted by Gasteiger charge is -2.28. The summed E-state index contributed by atoms with van der Waals surface area (Å²) < 4.78 is 5.26. The predicted molar refractivity (Wildman–Crippen MR) is 79.9 cm³/mol. The lowest BCUT2D eigenvalue weighted by Crippen LogP contribution is -2.44. The number of hydrogen-bond donors (Lipinski definition) is 0. The molecule has 2 rings (SSSR count). The second kappa shape index (κ2) is 7.07. The van der Waals surface area contributed by atoms with Gasteiger partial charge in [0, 0.05) is 24.7 Å². The van der Waals surface area contributed by atoms with Crippen molar-refractivity contribution in [1.29, 1.82) is 0 Å². The number of likely N-dealkylation sites (N-methyl/N-ethyl adjacent to an activating group) is 1. The number of aryl methyl sites for hydroxylation is 1. The van der Waals surface area contributed by atoms with Gasteiger partial charge in [-0.25, -0.2) is 0 Å². The summed E-state index contributed by atoms with van der Waals surface area (Å²) in [5.41, 5.74) is 2.36. The van der Waals surface area contributed by atoms with E-state index in [1.165, 1.54) is 5.56 Å². The Balaban J connectivity index is 1.88. The smallest absolute Gasteiger partial charge is 0.236 e. The maximum atomic E-state index is 12.1. The van der Waals surface area contributed by atoms with Crippen LogP contribution in [0, 0.1) is 6.92 Å². The summed E-state index contributed by atoms with van der Waals surface area (Å²) in [5.74, 6) is 0.169. The first-order valence-corrected chi connectivity index (χ1v) is 7.23. The predicted octanol–water partition coefficient (Wildman–Crippen LogP) is 1.94. The zero-order chi connectivity index (χ0) is 14.5. The quantitative estimate of drug-likeness (QED) is 0.851. The van der Waals surface area contributed by atoms with Crippen LogP contribution in [0.15, 0.2) is 18.2 Å². The fourth-order valence-electron chi connectivity index (χ4n) is 2.33. The monoisotopic (exact) mass is 296 g/mol. The zero-order valence-corrected chi connectivity index (χ0v) is 12.8. The van der Waals surface area contributed by atoms with Crippen molar-refractivity contribution in [1.82, 2.24) is 9.80 Å². The van der Waals surface area contributed by atoms with Crippen LogP contribution in [0.3, 0.4) is 0 Å². The van der Waals surface area contributed by atoms with E-state index in [-0.39, 0.29) is 5.91 Å². The number of hydrogen-bond acceptors (Lipinski definition) is 3. The number of rotatable bonds is 4. The molecule has 1 amide bonds. The molecular formula is C15H21ClN2O2. The highest BCUT2D eigenvalue weighted by atomic mass is 35.5. The van der Waals surface area contributed by atoms with Crippen LogP contribution in [0.5, 0.6) is 0 Å². The SMILES string of the molecule is Cc1cc(Cl)ccc1CN(C)CC(=O)N1CCOCC1. The van der Waals surface area contributed by atoms with E-state index in [4.69, 9.17) is 16.3 Å². The van der Waals surface area contributed by atoms with Crippen molar-refractivity contribution in [3.8, 4) is 0 Å². The molecule has 0 saturated carbocycles. The number of carbonyl (C=O) groups is 1. The third-order valence-electron chi connectivity index (χ3n) is 3.51. The van der Waals surface area contributed by atoms with Gasteiger partial charge < -0.3 is 9.64 Å². The van der Waals surface area contributed by atoms with Gasteiger partial charge in [0.05, 0.1) is 19.8 Å². The Hall–Kier alpha value is -1.10. The maximum absolute atomic E-state index is 12.1. The van der Waals surface area contributed by atoms with E-state index in [9.17, 15) is 4.79 Å². The van der Waals surface area contributed by atoms with Crippen LogP contribution in [-0.4, -0.2) is 55.6 Å². The van der Waals surface area contributed by atoms with Crippen LogP contribution in [0.2, 0.25) is 5.02 Å². The molecule has 1 heterocycles. The summed E-state index contributed by atoms with van der Waals surface area (Å²) >= 11 is 5.95. The van der Waals surface area contributed by atoms with E-state index >= 15 is 0 Å². The Labute approximate surface area is 125 Å². The first kappa shape index (κ1) is 15.3. The Bertz CT molecular complexity index is 473. The molecular weight excluding hydrogens is 276 g/mol. The molecule has 5 heteroatoms. The molecule has 1 aliphatic rings. The molecule has 1 fully saturated rings. The molecule has 110 valence electrons. The van der Waals surface area contributed by atoms with E-state index in [1.807, 2.05) is 42.0 Å². The van der Waals surface area contributed by atoms with Crippen molar-refractivity contribution in [2.24, 2.45) is 0 Å². The average Bonchev–Trinajstić information content (AvgIpc) is 2.43. The Morgan fingerprint density at radius 2 is 2.10 bits per heavy atom. The second-order valence-electron chi connectivity index (χ2n) is 5.24. The summed E-state index contributed by atoms with van der Waals surface area (Å²) in [6, 6.07) is 5.86. The Morgan fingerprint density at radius 3 is 2.75 bits per heavy atom. The number of benzene rings is 1. The van der Waals surface area contributed by atoms with Gasteiger partial charge in [0.2, 0.25) is 5.91 Å². The molecule has 1 aromatic rings. The fraction of sp³-hybridized carbons (Fsp3) is 0.533. The average molecular weight is 297 g/mol. The number of ether oxygens (including phenoxy) is 1. The standard InChI is InChI=1S/C15H21ClN2O2/c1-12-9-14(16)4-3-13(12)10-17(2)11-15(19)18-5-7-20-8-6-18/h3-4,9H,5-8,10-11H2,1-2H3. The van der Waals surface area contributed by atoms with Gasteiger partial charge in [-0.1, -0.05) is 17.7 Å². The van der Waals surface area contributed by atoms with E-state index < -0.39 is 0 Å². The Morgan fingerprint density at radius 1 is 1.40 bits per heavy atom. The van der Waals surface area contributed by atoms with Crippen LogP contribution in [-0.2, 0) is 16.1 Å². The van der Waals surface area contributed by atoms with E-state index in [1.54, 1.807) is 0 Å². The minimum atomic E-state index is 0.169. The van der Waals surface area contributed by atoms with Gasteiger partial charge in [-0.3, -0.25) is 9.69 Å². The third kappa shape index (κ3) is 4.20. The topological polar surface area (TPSA) is 32.8 Å². The highest BCUT2D eigenvalue weighted by molar-refractivity contribution is 6.30. The third-order valence-corrected chi connectivity index (χ3v) is 3.75. The Kier molecular flexibility index (Phi) is 5.40. The number of morpholine rings is 1. The molecule has 20 heavy (non-hydrogen) atoms. The highest BCUT2D eigenvalue weighted by Crippen LogP contribution is 2.16. The van der Waals surface area contributed by atoms with Gasteiger partial charge in [0.25, 0.3) is 0 Å². The highest BCUT2D eigenvalue weighted by Gasteiger charge is 2.18. The van der Waals surface area contributed by atoms with Crippen molar-refractivity contribution >= 4 is 17.5 Å². The van der Waals surface area contributed by atoms with Crippen molar-refractivity contribution < 1.29 is 9.53 Å². The van der Waals surface area contributed by atoms with E-state index in [0.29, 0.717) is 32.8 Å². The van der Waals surface area contributed by atoms with Crippen LogP contribution < -0.4 is 0 Å². The molecule has 1 aliphatic heterocycles. The van der Waals surface area contributed by atoms with Gasteiger partial charge in [0.1, 0.15) is 0 Å². The van der Waals surface area contributed by atoms with Gasteiger partial charge in [-0.2, -0.15) is 0 Å². The van der Waals surface area contributed by atoms with Crippen LogP contribution in [0.1, 0.15) is 11.1 Å². The number of halogens is 1. The zero-order valence-electron chi connectivity index (χ0n) is 12.1. The van der Waals surface area contributed by atoms with Gasteiger partial charge in [-0.05, 0) is 37.2 Å². The molecule has 0 aromatic heterocycles. The van der Waals surface area contributed by atoms with Crippen molar-refractivity contribution in [2.45, 2.75) is 13.5 Å². The molecule has 0 unspecified atom stereocenters. The van der Waals surface area contributed by atoms with Gasteiger partial charge in [0.15, 0.2) is 0 Å². The lowest BCUT2D eigenvalue weighted by atomic mass is 10.1. The maximum Gasteiger partial charge on any atom is 0.236 e. The molecule has 0 spiro atoms. The molecule has 4 nitrogen and oxygen atoms in total. The fourth-order valence-corrected chi connectivity index (χ4v) is 2.55. The molecule has 1 saturated heterocycles. The number of amides is 1. The summed E-state index contributed by atoms with van der Waals surface area (Å²) in [5, 5.41) is 0.748. The van der Waals surface area contributed by atoms with Gasteiger partial charge >= 0.3 is 0 Å². The second-order valence-corrected chi connectivity index (χ2v) is 5.67. The minimum Gasteiger partial charge on any atom is -0.378 e.